The highest BCUT2D eigenvalue weighted by Crippen LogP contribution is 2.23. The zero-order chi connectivity index (χ0) is 23.0. The van der Waals surface area contributed by atoms with E-state index in [9.17, 15) is 22.4 Å². The van der Waals surface area contributed by atoms with Crippen molar-refractivity contribution in [1.29, 1.82) is 0 Å². The van der Waals surface area contributed by atoms with Crippen molar-refractivity contribution in [1.82, 2.24) is 10.3 Å². The van der Waals surface area contributed by atoms with Crippen LogP contribution in [0.3, 0.4) is 0 Å². The maximum atomic E-state index is 13.0. The second kappa shape index (κ2) is 11.0. The third kappa shape index (κ3) is 7.56. The van der Waals surface area contributed by atoms with Crippen molar-refractivity contribution in [2.24, 2.45) is 0 Å². The number of nitrogens with zero attached hydrogens (tertiary/aromatic N) is 1. The number of hydrogen-bond acceptors (Lipinski definition) is 4. The van der Waals surface area contributed by atoms with Gasteiger partial charge in [-0.2, -0.15) is 0 Å². The van der Waals surface area contributed by atoms with Crippen molar-refractivity contribution >= 4 is 17.7 Å². The molecule has 1 N–H and O–H groups in total. The molecule has 168 valence electrons. The van der Waals surface area contributed by atoms with Gasteiger partial charge in [0.2, 0.25) is 0 Å². The van der Waals surface area contributed by atoms with E-state index in [2.05, 4.69) is 15.0 Å². The maximum absolute atomic E-state index is 13.0. The fraction of sp³-hybridized carbons (Fsp3) is 0.217. The summed E-state index contributed by atoms with van der Waals surface area (Å²) in [4.78, 5) is 16.9. The lowest BCUT2D eigenvalue weighted by Gasteiger charge is -2.11. The van der Waals surface area contributed by atoms with Crippen molar-refractivity contribution in [2.45, 2.75) is 30.8 Å². The van der Waals surface area contributed by atoms with Crippen LogP contribution in [0, 0.1) is 5.82 Å². The number of ether oxygens (including phenoxy) is 1. The van der Waals surface area contributed by atoms with E-state index < -0.39 is 6.36 Å². The normalized spacial score (nSPS) is 11.2. The number of carbonyl (C=O) groups is 1. The standard InChI is InChI=1S/C23H20F4N2O2S/c24-18-9-5-16(6-10-18)3-2-14-32-22-20(4-1-13-28-22)21(30)29-15-17-7-11-19(12-8-17)31-23(25,26)27/h1,4-13H,2-3,14-15H2,(H,29,30). The Kier molecular flexibility index (Phi) is 8.10. The number of thioether (sulfide) groups is 1. The molecule has 3 aromatic rings. The topological polar surface area (TPSA) is 51.2 Å². The van der Waals surface area contributed by atoms with E-state index in [4.69, 9.17) is 0 Å². The van der Waals surface area contributed by atoms with Gasteiger partial charge in [-0.1, -0.05) is 24.3 Å². The van der Waals surface area contributed by atoms with Crippen LogP contribution in [0.1, 0.15) is 27.9 Å². The Bertz CT molecular complexity index is 1030. The van der Waals surface area contributed by atoms with Crippen molar-refractivity contribution in [3.8, 4) is 5.75 Å². The van der Waals surface area contributed by atoms with Crippen molar-refractivity contribution < 1.29 is 27.1 Å². The first kappa shape index (κ1) is 23.6. The third-order valence-electron chi connectivity index (χ3n) is 4.39. The maximum Gasteiger partial charge on any atom is 0.573 e. The van der Waals surface area contributed by atoms with E-state index in [1.165, 1.54) is 48.2 Å². The Morgan fingerprint density at radius 2 is 1.69 bits per heavy atom. The Hall–Kier alpha value is -3.07. The average molecular weight is 464 g/mol. The predicted molar refractivity (Wildman–Crippen MR) is 114 cm³/mol. The van der Waals surface area contributed by atoms with Gasteiger partial charge in [0, 0.05) is 12.7 Å². The molecule has 0 saturated heterocycles. The Labute approximate surface area is 187 Å². The molecule has 0 fully saturated rings. The first-order valence-corrected chi connectivity index (χ1v) is 10.7. The molecule has 2 aromatic carbocycles. The number of carbonyl (C=O) groups excluding carboxylic acids is 1. The van der Waals surface area contributed by atoms with E-state index in [0.29, 0.717) is 16.2 Å². The summed E-state index contributed by atoms with van der Waals surface area (Å²) in [5.41, 5.74) is 2.10. The second-order valence-electron chi connectivity index (χ2n) is 6.81. The molecule has 1 heterocycles. The molecule has 0 atom stereocenters. The summed E-state index contributed by atoms with van der Waals surface area (Å²) in [6.45, 7) is 0.148. The number of hydrogen-bond donors (Lipinski definition) is 1. The summed E-state index contributed by atoms with van der Waals surface area (Å²) in [6.07, 6.45) is -1.52. The van der Waals surface area contributed by atoms with Crippen LogP contribution in [0.4, 0.5) is 17.6 Å². The first-order valence-electron chi connectivity index (χ1n) is 9.75. The highest BCUT2D eigenvalue weighted by molar-refractivity contribution is 7.99. The molecule has 0 radical (unpaired) electrons. The fourth-order valence-electron chi connectivity index (χ4n) is 2.86. The first-order chi connectivity index (χ1) is 15.3. The van der Waals surface area contributed by atoms with Crippen LogP contribution in [-0.4, -0.2) is 23.0 Å². The number of benzene rings is 2. The number of rotatable bonds is 9. The lowest BCUT2D eigenvalue weighted by Crippen LogP contribution is -2.23. The number of halogens is 4. The van der Waals surface area contributed by atoms with Gasteiger partial charge in [-0.05, 0) is 66.1 Å². The number of pyridine rings is 1. The summed E-state index contributed by atoms with van der Waals surface area (Å²) in [5.74, 6) is -0.179. The van der Waals surface area contributed by atoms with Crippen molar-refractivity contribution in [3.05, 3.63) is 89.4 Å². The van der Waals surface area contributed by atoms with E-state index in [1.54, 1.807) is 30.5 Å². The molecule has 0 spiro atoms. The second-order valence-corrected chi connectivity index (χ2v) is 7.89. The fourth-order valence-corrected chi connectivity index (χ4v) is 3.80. The number of aryl methyl sites for hydroxylation is 1. The minimum atomic E-state index is -4.75. The molecule has 0 saturated carbocycles. The molecule has 0 aliphatic carbocycles. The molecule has 3 rings (SSSR count). The Morgan fingerprint density at radius 1 is 1.00 bits per heavy atom. The summed E-state index contributed by atoms with van der Waals surface area (Å²) >= 11 is 1.46. The predicted octanol–water partition coefficient (Wildman–Crippen LogP) is 5.77. The van der Waals surface area contributed by atoms with E-state index in [1.807, 2.05) is 0 Å². The molecular weight excluding hydrogens is 444 g/mol. The number of alkyl halides is 3. The van der Waals surface area contributed by atoms with Crippen LogP contribution >= 0.6 is 11.8 Å². The van der Waals surface area contributed by atoms with Gasteiger partial charge < -0.3 is 10.1 Å². The number of aromatic nitrogens is 1. The molecule has 0 unspecified atom stereocenters. The molecule has 32 heavy (non-hydrogen) atoms. The molecule has 1 aromatic heterocycles. The van der Waals surface area contributed by atoms with Crippen LogP contribution in [0.5, 0.6) is 5.75 Å². The van der Waals surface area contributed by atoms with Crippen molar-refractivity contribution in [2.75, 3.05) is 5.75 Å². The monoisotopic (exact) mass is 464 g/mol. The van der Waals surface area contributed by atoms with Gasteiger partial charge in [-0.15, -0.1) is 24.9 Å². The summed E-state index contributed by atoms with van der Waals surface area (Å²) in [6, 6.07) is 15.0. The van der Waals surface area contributed by atoms with Crippen molar-refractivity contribution in [3.63, 3.8) is 0 Å². The molecule has 1 amide bonds. The summed E-state index contributed by atoms with van der Waals surface area (Å²) in [7, 11) is 0. The van der Waals surface area contributed by atoms with Gasteiger partial charge in [0.1, 0.15) is 16.6 Å². The molecule has 0 aliphatic heterocycles. The molecule has 9 heteroatoms. The Morgan fingerprint density at radius 3 is 2.38 bits per heavy atom. The summed E-state index contributed by atoms with van der Waals surface area (Å²) in [5, 5.41) is 3.35. The average Bonchev–Trinajstić information content (AvgIpc) is 2.76. The highest BCUT2D eigenvalue weighted by atomic mass is 32.2. The van der Waals surface area contributed by atoms with Gasteiger partial charge in [0.25, 0.3) is 5.91 Å². The summed E-state index contributed by atoms with van der Waals surface area (Å²) < 4.78 is 53.5. The number of amides is 1. The zero-order valence-electron chi connectivity index (χ0n) is 16.9. The minimum Gasteiger partial charge on any atom is -0.406 e. The third-order valence-corrected chi connectivity index (χ3v) is 5.48. The van der Waals surface area contributed by atoms with Crippen LogP contribution in [0.15, 0.2) is 71.9 Å². The molecule has 0 aliphatic rings. The zero-order valence-corrected chi connectivity index (χ0v) is 17.7. The lowest BCUT2D eigenvalue weighted by atomic mass is 10.1. The van der Waals surface area contributed by atoms with Gasteiger partial charge in [-0.25, -0.2) is 9.37 Å². The van der Waals surface area contributed by atoms with Gasteiger partial charge in [0.15, 0.2) is 0 Å². The molecular formula is C23H20F4N2O2S. The largest absolute Gasteiger partial charge is 0.573 e. The highest BCUT2D eigenvalue weighted by Gasteiger charge is 2.30. The quantitative estimate of drug-likeness (QED) is 0.248. The SMILES string of the molecule is O=C(NCc1ccc(OC(F)(F)F)cc1)c1cccnc1SCCCc1ccc(F)cc1. The smallest absolute Gasteiger partial charge is 0.406 e. The van der Waals surface area contributed by atoms with E-state index in [0.717, 1.165) is 24.2 Å². The van der Waals surface area contributed by atoms with E-state index in [-0.39, 0.29) is 24.0 Å². The molecule has 4 nitrogen and oxygen atoms in total. The van der Waals surface area contributed by atoms with Crippen LogP contribution < -0.4 is 10.1 Å². The van der Waals surface area contributed by atoms with Gasteiger partial charge >= 0.3 is 6.36 Å². The van der Waals surface area contributed by atoms with Gasteiger partial charge in [0.05, 0.1) is 5.56 Å². The van der Waals surface area contributed by atoms with E-state index >= 15 is 0 Å². The lowest BCUT2D eigenvalue weighted by molar-refractivity contribution is -0.274. The number of nitrogens with one attached hydrogen (secondary N) is 1. The minimum absolute atomic E-state index is 0.148. The van der Waals surface area contributed by atoms with Crippen LogP contribution in [-0.2, 0) is 13.0 Å². The van der Waals surface area contributed by atoms with Crippen LogP contribution in [0.2, 0.25) is 0 Å². The Balaban J connectivity index is 1.50. The van der Waals surface area contributed by atoms with Gasteiger partial charge in [-0.3, -0.25) is 4.79 Å². The molecule has 0 bridgehead atoms. The van der Waals surface area contributed by atoms with Crippen LogP contribution in [0.25, 0.3) is 0 Å².